The van der Waals surface area contributed by atoms with Gasteiger partial charge in [0.1, 0.15) is 11.9 Å². The number of nitrogens with zero attached hydrogens (tertiary/aromatic N) is 5. The lowest BCUT2D eigenvalue weighted by Gasteiger charge is -2.50. The molecule has 1 saturated carbocycles. The summed E-state index contributed by atoms with van der Waals surface area (Å²) in [6.07, 6.45) is 8.33. The van der Waals surface area contributed by atoms with Crippen LogP contribution in [0.2, 0.25) is 0 Å². The second-order valence-electron chi connectivity index (χ2n) is 6.94. The maximum atomic E-state index is 9.12. The van der Waals surface area contributed by atoms with Gasteiger partial charge in [0.2, 0.25) is 0 Å². The topological polar surface area (TPSA) is 56.1 Å². The van der Waals surface area contributed by atoms with Crippen molar-refractivity contribution in [2.45, 2.75) is 44.3 Å². The van der Waals surface area contributed by atoms with Gasteiger partial charge >= 0.3 is 0 Å². The number of nitriles is 1. The average molecular weight is 333 g/mol. The molecule has 2 heterocycles. The number of rotatable bonds is 3. The Morgan fingerprint density at radius 3 is 2.64 bits per heavy atom. The molecule has 0 spiro atoms. The number of hydrogen-bond acceptors (Lipinski definition) is 5. The summed E-state index contributed by atoms with van der Waals surface area (Å²) < 4.78 is 0. The Morgan fingerprint density at radius 1 is 1.04 bits per heavy atom. The fourth-order valence-electron chi connectivity index (χ4n) is 4.30. The zero-order chi connectivity index (χ0) is 17.1. The van der Waals surface area contributed by atoms with E-state index in [0.29, 0.717) is 17.8 Å². The molecule has 4 rings (SSSR count). The second kappa shape index (κ2) is 7.20. The van der Waals surface area contributed by atoms with Crippen molar-refractivity contribution < 1.29 is 0 Å². The molecule has 2 atom stereocenters. The maximum absolute atomic E-state index is 9.12. The first kappa shape index (κ1) is 16.0. The quantitative estimate of drug-likeness (QED) is 0.864. The Kier molecular flexibility index (Phi) is 4.62. The highest BCUT2D eigenvalue weighted by molar-refractivity contribution is 5.41. The minimum Gasteiger partial charge on any atom is -0.349 e. The minimum atomic E-state index is 0.400. The van der Waals surface area contributed by atoms with Crippen molar-refractivity contribution >= 4 is 5.82 Å². The molecule has 2 aliphatic rings. The molecule has 1 aliphatic heterocycles. The summed E-state index contributed by atoms with van der Waals surface area (Å²) in [6.45, 7) is 2.98. The molecule has 0 amide bonds. The SMILES string of the molecule is N#Cc1cncc(N2CCN(Cc3ccccc3)[C@H]3CCCC[C@H]32)n1. The van der Waals surface area contributed by atoms with Crippen molar-refractivity contribution in [3.63, 3.8) is 0 Å². The molecule has 5 nitrogen and oxygen atoms in total. The van der Waals surface area contributed by atoms with Gasteiger partial charge in [-0.25, -0.2) is 4.98 Å². The largest absolute Gasteiger partial charge is 0.349 e. The predicted molar refractivity (Wildman–Crippen MR) is 97.0 cm³/mol. The second-order valence-corrected chi connectivity index (χ2v) is 6.94. The van der Waals surface area contributed by atoms with E-state index in [4.69, 9.17) is 5.26 Å². The fourth-order valence-corrected chi connectivity index (χ4v) is 4.30. The zero-order valence-corrected chi connectivity index (χ0v) is 14.4. The molecule has 1 aromatic heterocycles. The number of piperazine rings is 1. The highest BCUT2D eigenvalue weighted by Crippen LogP contribution is 2.33. The predicted octanol–water partition coefficient (Wildman–Crippen LogP) is 2.98. The number of anilines is 1. The Balaban J connectivity index is 1.56. The van der Waals surface area contributed by atoms with Crippen molar-refractivity contribution in [3.8, 4) is 6.07 Å². The standard InChI is InChI=1S/C20H23N5/c21-12-17-13-22-14-20(23-17)25-11-10-24(15-16-6-2-1-3-7-16)18-8-4-5-9-19(18)25/h1-3,6-7,13-14,18-19H,4-5,8-11,15H2/t18-,19+/m0/s1. The first-order chi connectivity index (χ1) is 12.3. The third-order valence-electron chi connectivity index (χ3n) is 5.45. The molecule has 1 saturated heterocycles. The van der Waals surface area contributed by atoms with Crippen LogP contribution in [-0.4, -0.2) is 40.0 Å². The fraction of sp³-hybridized carbons (Fsp3) is 0.450. The summed E-state index contributed by atoms with van der Waals surface area (Å²) in [7, 11) is 0. The number of aromatic nitrogens is 2. The van der Waals surface area contributed by atoms with Gasteiger partial charge in [-0.15, -0.1) is 0 Å². The van der Waals surface area contributed by atoms with Gasteiger partial charge < -0.3 is 4.90 Å². The van der Waals surface area contributed by atoms with Crippen molar-refractivity contribution in [2.24, 2.45) is 0 Å². The Morgan fingerprint density at radius 2 is 1.84 bits per heavy atom. The van der Waals surface area contributed by atoms with E-state index >= 15 is 0 Å². The van der Waals surface area contributed by atoms with Gasteiger partial charge in [-0.3, -0.25) is 9.88 Å². The van der Waals surface area contributed by atoms with Crippen LogP contribution in [0.5, 0.6) is 0 Å². The van der Waals surface area contributed by atoms with E-state index in [2.05, 4.69) is 56.2 Å². The summed E-state index contributed by atoms with van der Waals surface area (Å²) in [5, 5.41) is 9.12. The van der Waals surface area contributed by atoms with Crippen LogP contribution in [0.4, 0.5) is 5.82 Å². The highest BCUT2D eigenvalue weighted by Gasteiger charge is 2.38. The first-order valence-electron chi connectivity index (χ1n) is 9.12. The number of hydrogen-bond donors (Lipinski definition) is 0. The third-order valence-corrected chi connectivity index (χ3v) is 5.45. The van der Waals surface area contributed by atoms with Crippen LogP contribution >= 0.6 is 0 Å². The van der Waals surface area contributed by atoms with Gasteiger partial charge in [0.15, 0.2) is 5.69 Å². The lowest BCUT2D eigenvalue weighted by Crippen LogP contribution is -2.60. The molecule has 25 heavy (non-hydrogen) atoms. The van der Waals surface area contributed by atoms with E-state index in [9.17, 15) is 0 Å². The molecule has 128 valence electrons. The van der Waals surface area contributed by atoms with Crippen LogP contribution in [0.1, 0.15) is 36.9 Å². The van der Waals surface area contributed by atoms with E-state index in [0.717, 1.165) is 25.5 Å². The van der Waals surface area contributed by atoms with Crippen molar-refractivity contribution in [1.29, 1.82) is 5.26 Å². The molecule has 0 radical (unpaired) electrons. The summed E-state index contributed by atoms with van der Waals surface area (Å²) in [4.78, 5) is 13.7. The van der Waals surface area contributed by atoms with Crippen LogP contribution in [0, 0.1) is 11.3 Å². The number of fused-ring (bicyclic) bond motifs is 1. The maximum Gasteiger partial charge on any atom is 0.161 e. The summed E-state index contributed by atoms with van der Waals surface area (Å²) in [6, 6.07) is 13.9. The van der Waals surface area contributed by atoms with Gasteiger partial charge in [0.05, 0.1) is 12.4 Å². The summed E-state index contributed by atoms with van der Waals surface area (Å²) in [5.41, 5.74) is 1.78. The van der Waals surface area contributed by atoms with Crippen LogP contribution in [0.15, 0.2) is 42.7 Å². The van der Waals surface area contributed by atoms with Crippen molar-refractivity contribution in [1.82, 2.24) is 14.9 Å². The molecule has 2 aromatic rings. The zero-order valence-electron chi connectivity index (χ0n) is 14.4. The minimum absolute atomic E-state index is 0.400. The van der Waals surface area contributed by atoms with E-state index in [1.54, 1.807) is 6.20 Å². The van der Waals surface area contributed by atoms with Gasteiger partial charge in [-0.1, -0.05) is 43.2 Å². The van der Waals surface area contributed by atoms with Crippen LogP contribution in [-0.2, 0) is 6.54 Å². The molecule has 0 N–H and O–H groups in total. The van der Waals surface area contributed by atoms with Crippen LogP contribution in [0.3, 0.4) is 0 Å². The van der Waals surface area contributed by atoms with E-state index in [1.165, 1.54) is 37.4 Å². The van der Waals surface area contributed by atoms with Gasteiger partial charge in [-0.2, -0.15) is 5.26 Å². The van der Waals surface area contributed by atoms with Gasteiger partial charge in [0, 0.05) is 31.7 Å². The Labute approximate surface area is 148 Å². The van der Waals surface area contributed by atoms with Crippen molar-refractivity contribution in [3.05, 3.63) is 54.0 Å². The molecule has 1 aliphatic carbocycles. The molecule has 0 bridgehead atoms. The molecular weight excluding hydrogens is 310 g/mol. The molecule has 1 aromatic carbocycles. The smallest absolute Gasteiger partial charge is 0.161 e. The lowest BCUT2D eigenvalue weighted by atomic mass is 9.86. The van der Waals surface area contributed by atoms with Gasteiger partial charge in [-0.05, 0) is 18.4 Å². The van der Waals surface area contributed by atoms with Crippen molar-refractivity contribution in [2.75, 3.05) is 18.0 Å². The average Bonchev–Trinajstić information content (AvgIpc) is 2.69. The summed E-state index contributed by atoms with van der Waals surface area (Å²) >= 11 is 0. The molecule has 0 unspecified atom stereocenters. The van der Waals surface area contributed by atoms with Crippen LogP contribution in [0.25, 0.3) is 0 Å². The van der Waals surface area contributed by atoms with Crippen LogP contribution < -0.4 is 4.90 Å². The normalized spacial score (nSPS) is 23.7. The molecule has 2 fully saturated rings. The Bertz CT molecular complexity index is 754. The van der Waals surface area contributed by atoms with Gasteiger partial charge in [0.25, 0.3) is 0 Å². The first-order valence-corrected chi connectivity index (χ1v) is 9.12. The summed E-state index contributed by atoms with van der Waals surface area (Å²) in [5.74, 6) is 0.857. The third kappa shape index (κ3) is 3.35. The highest BCUT2D eigenvalue weighted by atomic mass is 15.3. The van der Waals surface area contributed by atoms with E-state index < -0.39 is 0 Å². The monoisotopic (exact) mass is 333 g/mol. The van der Waals surface area contributed by atoms with E-state index in [-0.39, 0.29) is 0 Å². The molecule has 5 heteroatoms. The lowest BCUT2D eigenvalue weighted by molar-refractivity contribution is 0.0998. The number of benzene rings is 1. The van der Waals surface area contributed by atoms with E-state index in [1.807, 2.05) is 0 Å². The Hall–Kier alpha value is -2.45. The molecular formula is C20H23N5.